The number of hydrogen-bond donors (Lipinski definition) is 0. The molecule has 0 radical (unpaired) electrons. The molecule has 1 saturated heterocycles. The molecule has 2 fully saturated rings. The average molecular weight is 298 g/mol. The third-order valence-electron chi connectivity index (χ3n) is 3.66. The van der Waals surface area contributed by atoms with Crippen molar-refractivity contribution in [2.45, 2.75) is 56.5 Å². The number of alkyl halides is 2. The summed E-state index contributed by atoms with van der Waals surface area (Å²) in [4.78, 5) is 11.1. The second-order valence-electron chi connectivity index (χ2n) is 5.19. The van der Waals surface area contributed by atoms with Gasteiger partial charge >= 0.3 is 11.9 Å². The molecular weight excluding hydrogens is 282 g/mol. The van der Waals surface area contributed by atoms with Crippen LogP contribution in [0.15, 0.2) is 0 Å². The lowest BCUT2D eigenvalue weighted by Gasteiger charge is -2.23. The summed E-state index contributed by atoms with van der Waals surface area (Å²) in [5.41, 5.74) is 0. The quantitative estimate of drug-likeness (QED) is 0.583. The molecule has 1 aliphatic carbocycles. The molecule has 2 rings (SSSR count). The molecule has 0 aromatic heterocycles. The molecule has 1 saturated carbocycles. The molecule has 2 aliphatic rings. The maximum atomic E-state index is 12.7. The predicted molar refractivity (Wildman–Crippen MR) is 61.1 cm³/mol. The fourth-order valence-electron chi connectivity index (χ4n) is 2.75. The number of fused-ring (bicyclic) bond motifs is 1. The Labute approximate surface area is 110 Å². The van der Waals surface area contributed by atoms with E-state index < -0.39 is 39.5 Å². The smallest absolute Gasteiger partial charge is 0.377 e. The van der Waals surface area contributed by atoms with E-state index in [1.807, 2.05) is 0 Å². The Morgan fingerprint density at radius 1 is 1.42 bits per heavy atom. The van der Waals surface area contributed by atoms with Gasteiger partial charge < -0.3 is 4.74 Å². The van der Waals surface area contributed by atoms with E-state index >= 15 is 0 Å². The van der Waals surface area contributed by atoms with E-state index in [9.17, 15) is 22.0 Å². The summed E-state index contributed by atoms with van der Waals surface area (Å²) in [6.45, 7) is 1.82. The first kappa shape index (κ1) is 14.6. The lowest BCUT2D eigenvalue weighted by atomic mass is 9.97. The van der Waals surface area contributed by atoms with Gasteiger partial charge in [-0.2, -0.15) is 17.2 Å². The minimum absolute atomic E-state index is 0.279. The van der Waals surface area contributed by atoms with Crippen LogP contribution in [0.3, 0.4) is 0 Å². The van der Waals surface area contributed by atoms with E-state index in [0.717, 1.165) is 6.42 Å². The van der Waals surface area contributed by atoms with Gasteiger partial charge in [0.25, 0.3) is 10.1 Å². The number of halogens is 2. The van der Waals surface area contributed by atoms with Crippen LogP contribution in [0.1, 0.15) is 33.1 Å². The number of hydrogen-bond acceptors (Lipinski definition) is 5. The minimum atomic E-state index is -3.67. The summed E-state index contributed by atoms with van der Waals surface area (Å²) >= 11 is 0. The zero-order chi connectivity index (χ0) is 14.4. The predicted octanol–water partition coefficient (Wildman–Crippen LogP) is 1.47. The molecule has 0 N–H and O–H groups in total. The molecular formula is C11H16F2O5S. The van der Waals surface area contributed by atoms with Gasteiger partial charge in [0.05, 0.1) is 5.25 Å². The molecule has 4 atom stereocenters. The van der Waals surface area contributed by atoms with Gasteiger partial charge in [-0.25, -0.2) is 4.79 Å². The topological polar surface area (TPSA) is 69.7 Å². The summed E-state index contributed by atoms with van der Waals surface area (Å²) in [6.07, 6.45) is 0.0246. The lowest BCUT2D eigenvalue weighted by molar-refractivity contribution is -0.178. The highest BCUT2D eigenvalue weighted by atomic mass is 32.2. The van der Waals surface area contributed by atoms with Gasteiger partial charge in [-0.05, 0) is 19.8 Å². The van der Waals surface area contributed by atoms with Crippen LogP contribution in [0.5, 0.6) is 0 Å². The molecule has 0 amide bonds. The van der Waals surface area contributed by atoms with Gasteiger partial charge in [-0.15, -0.1) is 0 Å². The highest BCUT2D eigenvalue weighted by molar-refractivity contribution is 7.87. The van der Waals surface area contributed by atoms with Crippen molar-refractivity contribution in [3.8, 4) is 0 Å². The van der Waals surface area contributed by atoms with Crippen LogP contribution in [-0.4, -0.2) is 37.8 Å². The Morgan fingerprint density at radius 2 is 2.05 bits per heavy atom. The normalized spacial score (nSPS) is 34.8. The van der Waals surface area contributed by atoms with Gasteiger partial charge in [0.15, 0.2) is 0 Å². The number of ether oxygens (including phenoxy) is 1. The van der Waals surface area contributed by atoms with Gasteiger partial charge in [0.2, 0.25) is 0 Å². The summed E-state index contributed by atoms with van der Waals surface area (Å²) in [5, 5.41) is -0.596. The Hall–Kier alpha value is -0.760. The van der Waals surface area contributed by atoms with Crippen molar-refractivity contribution in [1.29, 1.82) is 0 Å². The molecule has 0 spiro atoms. The molecule has 0 aromatic carbocycles. The maximum Gasteiger partial charge on any atom is 0.377 e. The third-order valence-corrected chi connectivity index (χ3v) is 5.47. The highest BCUT2D eigenvalue weighted by Gasteiger charge is 2.53. The molecule has 5 nitrogen and oxygen atoms in total. The largest absolute Gasteiger partial charge is 0.455 e. The zero-order valence-electron chi connectivity index (χ0n) is 10.6. The molecule has 0 aromatic rings. The Bertz CT molecular complexity index is 470. The van der Waals surface area contributed by atoms with E-state index in [-0.39, 0.29) is 5.92 Å². The molecule has 110 valence electrons. The molecule has 0 bridgehead atoms. The van der Waals surface area contributed by atoms with Gasteiger partial charge in [0.1, 0.15) is 12.2 Å². The zero-order valence-corrected chi connectivity index (χ0v) is 11.5. The second-order valence-corrected chi connectivity index (χ2v) is 6.97. The molecule has 1 aliphatic heterocycles. The molecule has 8 heteroatoms. The van der Waals surface area contributed by atoms with Crippen LogP contribution in [0.2, 0.25) is 0 Å². The monoisotopic (exact) mass is 298 g/mol. The van der Waals surface area contributed by atoms with Crippen LogP contribution in [-0.2, 0) is 23.8 Å². The first-order chi connectivity index (χ1) is 8.63. The summed E-state index contributed by atoms with van der Waals surface area (Å²) < 4.78 is 58.5. The fourth-order valence-corrected chi connectivity index (χ4v) is 4.68. The minimum Gasteiger partial charge on any atom is -0.455 e. The molecule has 4 unspecified atom stereocenters. The van der Waals surface area contributed by atoms with Gasteiger partial charge in [-0.1, -0.05) is 6.42 Å². The first-order valence-electron chi connectivity index (χ1n) is 6.14. The van der Waals surface area contributed by atoms with Gasteiger partial charge in [-0.3, -0.25) is 4.18 Å². The van der Waals surface area contributed by atoms with Crippen molar-refractivity contribution in [1.82, 2.24) is 0 Å². The Balaban J connectivity index is 2.08. The lowest BCUT2D eigenvalue weighted by Crippen LogP contribution is -2.38. The van der Waals surface area contributed by atoms with Crippen LogP contribution in [0.25, 0.3) is 0 Å². The fraction of sp³-hybridized carbons (Fsp3) is 0.909. The van der Waals surface area contributed by atoms with Crippen LogP contribution in [0, 0.1) is 5.92 Å². The highest BCUT2D eigenvalue weighted by Crippen LogP contribution is 2.43. The Morgan fingerprint density at radius 3 is 2.63 bits per heavy atom. The number of rotatable bonds is 3. The summed E-state index contributed by atoms with van der Waals surface area (Å²) in [5.74, 6) is -5.54. The van der Waals surface area contributed by atoms with Crippen molar-refractivity contribution in [3.63, 3.8) is 0 Å². The maximum absolute atomic E-state index is 12.7. The van der Waals surface area contributed by atoms with Crippen LogP contribution in [0.4, 0.5) is 8.78 Å². The van der Waals surface area contributed by atoms with E-state index in [1.54, 1.807) is 0 Å². The molecule has 1 heterocycles. The van der Waals surface area contributed by atoms with Crippen LogP contribution >= 0.6 is 0 Å². The van der Waals surface area contributed by atoms with Crippen molar-refractivity contribution >= 4 is 16.1 Å². The van der Waals surface area contributed by atoms with E-state index in [0.29, 0.717) is 19.8 Å². The summed E-state index contributed by atoms with van der Waals surface area (Å²) in [6, 6.07) is 0. The number of carbonyl (C=O) groups is 1. The van der Waals surface area contributed by atoms with E-state index in [4.69, 9.17) is 4.18 Å². The SMILES string of the molecule is CC(OC(=O)C(C)(F)F)C1OS(=O)(=O)C2CCCC12. The van der Waals surface area contributed by atoms with Crippen LogP contribution < -0.4 is 0 Å². The molecule has 19 heavy (non-hydrogen) atoms. The summed E-state index contributed by atoms with van der Waals surface area (Å²) in [7, 11) is -3.67. The Kier molecular flexibility index (Phi) is 3.59. The second kappa shape index (κ2) is 4.66. The standard InChI is InChI=1S/C11H16F2O5S/c1-6(17-10(14)11(2,12)13)9-7-4-3-5-8(7)19(15,16)18-9/h6-9H,3-5H2,1-2H3. The number of esters is 1. The van der Waals surface area contributed by atoms with E-state index in [1.165, 1.54) is 6.92 Å². The third kappa shape index (κ3) is 2.74. The number of carbonyl (C=O) groups excluding carboxylic acids is 1. The van der Waals surface area contributed by atoms with Gasteiger partial charge in [0, 0.05) is 12.8 Å². The van der Waals surface area contributed by atoms with E-state index in [2.05, 4.69) is 4.74 Å². The van der Waals surface area contributed by atoms with Crippen molar-refractivity contribution in [3.05, 3.63) is 0 Å². The van der Waals surface area contributed by atoms with Crippen molar-refractivity contribution in [2.75, 3.05) is 0 Å². The first-order valence-corrected chi connectivity index (χ1v) is 7.61. The average Bonchev–Trinajstić information content (AvgIpc) is 2.80. The van der Waals surface area contributed by atoms with Crippen molar-refractivity contribution < 1.29 is 30.9 Å². The van der Waals surface area contributed by atoms with Crippen molar-refractivity contribution in [2.24, 2.45) is 5.92 Å².